The highest BCUT2D eigenvalue weighted by Crippen LogP contribution is 2.17. The Morgan fingerprint density at radius 1 is 1.39 bits per heavy atom. The maximum atomic E-state index is 12.6. The highest BCUT2D eigenvalue weighted by molar-refractivity contribution is 7.12. The van der Waals surface area contributed by atoms with Gasteiger partial charge >= 0.3 is 0 Å². The van der Waals surface area contributed by atoms with E-state index in [0.717, 1.165) is 11.1 Å². The quantitative estimate of drug-likeness (QED) is 0.691. The van der Waals surface area contributed by atoms with E-state index in [-0.39, 0.29) is 18.1 Å². The van der Waals surface area contributed by atoms with Gasteiger partial charge in [-0.25, -0.2) is 0 Å². The average Bonchev–Trinajstić information content (AvgIpc) is 3.12. The van der Waals surface area contributed by atoms with Crippen LogP contribution in [0.2, 0.25) is 0 Å². The highest BCUT2D eigenvalue weighted by Gasteiger charge is 2.16. The number of aromatic nitrogens is 2. The lowest BCUT2D eigenvalue weighted by Gasteiger charge is -2.21. The van der Waals surface area contributed by atoms with Crippen molar-refractivity contribution >= 4 is 23.0 Å². The van der Waals surface area contributed by atoms with Crippen molar-refractivity contribution in [2.45, 2.75) is 19.9 Å². The fourth-order valence-electron chi connectivity index (χ4n) is 2.21. The van der Waals surface area contributed by atoms with Crippen LogP contribution in [0.3, 0.4) is 0 Å². The summed E-state index contributed by atoms with van der Waals surface area (Å²) in [5, 5.41) is 6.00. The summed E-state index contributed by atoms with van der Waals surface area (Å²) in [5.41, 5.74) is 1.85. The molecule has 0 saturated heterocycles. The maximum absolute atomic E-state index is 12.6. The molecule has 0 radical (unpaired) electrons. The predicted molar refractivity (Wildman–Crippen MR) is 88.5 cm³/mol. The molecule has 6 nitrogen and oxygen atoms in total. The number of thiophene rings is 1. The molecule has 0 aliphatic carbocycles. The van der Waals surface area contributed by atoms with Crippen LogP contribution in [-0.4, -0.2) is 46.6 Å². The average molecular weight is 335 g/mol. The molecule has 0 bridgehead atoms. The molecule has 0 aliphatic rings. The number of hydrogen-bond acceptors (Lipinski definition) is 5. The number of methoxy groups -OCH3 is 1. The molecule has 0 unspecified atom stereocenters. The van der Waals surface area contributed by atoms with Crippen LogP contribution in [0.5, 0.6) is 0 Å². The van der Waals surface area contributed by atoms with E-state index in [0.29, 0.717) is 24.6 Å². The van der Waals surface area contributed by atoms with Gasteiger partial charge in [0.25, 0.3) is 0 Å². The first-order chi connectivity index (χ1) is 11.0. The van der Waals surface area contributed by atoms with Crippen molar-refractivity contribution < 1.29 is 14.3 Å². The lowest BCUT2D eigenvalue weighted by atomic mass is 10.2. The van der Waals surface area contributed by atoms with Crippen molar-refractivity contribution in [2.24, 2.45) is 7.05 Å². The van der Waals surface area contributed by atoms with Crippen LogP contribution < -0.4 is 0 Å². The van der Waals surface area contributed by atoms with Crippen LogP contribution in [0.25, 0.3) is 0 Å². The van der Waals surface area contributed by atoms with Crippen LogP contribution in [0, 0.1) is 0 Å². The van der Waals surface area contributed by atoms with E-state index in [2.05, 4.69) is 5.10 Å². The number of carbonyl (C=O) groups is 2. The SMILES string of the molecule is COCCN(Cc1cnn(C)c1)C(=O)Cc1csc(C(C)=O)c1. The van der Waals surface area contributed by atoms with Crippen molar-refractivity contribution in [1.29, 1.82) is 0 Å². The number of rotatable bonds is 8. The Morgan fingerprint density at radius 2 is 2.17 bits per heavy atom. The molecule has 7 heteroatoms. The summed E-state index contributed by atoms with van der Waals surface area (Å²) in [6, 6.07) is 1.80. The molecule has 2 rings (SSSR count). The topological polar surface area (TPSA) is 64.4 Å². The zero-order valence-corrected chi connectivity index (χ0v) is 14.4. The molecular weight excluding hydrogens is 314 g/mol. The standard InChI is InChI=1S/C16H21N3O3S/c1-12(20)15-6-13(11-23-15)7-16(21)19(4-5-22-3)10-14-8-17-18(2)9-14/h6,8-9,11H,4-5,7,10H2,1-3H3. The third-order valence-electron chi connectivity index (χ3n) is 3.41. The van der Waals surface area contributed by atoms with E-state index in [1.54, 1.807) is 29.0 Å². The van der Waals surface area contributed by atoms with Crippen molar-refractivity contribution in [3.05, 3.63) is 39.8 Å². The fraction of sp³-hybridized carbons (Fsp3) is 0.438. The molecule has 1 amide bonds. The number of aryl methyl sites for hydroxylation is 1. The monoisotopic (exact) mass is 335 g/mol. The number of amides is 1. The molecule has 0 atom stereocenters. The van der Waals surface area contributed by atoms with E-state index < -0.39 is 0 Å². The Bertz CT molecular complexity index is 678. The number of carbonyl (C=O) groups excluding carboxylic acids is 2. The molecule has 0 saturated carbocycles. The van der Waals surface area contributed by atoms with Gasteiger partial charge in [0, 0.05) is 39.0 Å². The van der Waals surface area contributed by atoms with Gasteiger partial charge in [0.2, 0.25) is 5.91 Å². The van der Waals surface area contributed by atoms with Crippen molar-refractivity contribution in [3.63, 3.8) is 0 Å². The van der Waals surface area contributed by atoms with Gasteiger partial charge in [-0.15, -0.1) is 11.3 Å². The second kappa shape index (κ2) is 8.03. The number of hydrogen-bond donors (Lipinski definition) is 0. The predicted octanol–water partition coefficient (Wildman–Crippen LogP) is 1.90. The van der Waals surface area contributed by atoms with Gasteiger partial charge in [-0.2, -0.15) is 5.10 Å². The lowest BCUT2D eigenvalue weighted by Crippen LogP contribution is -2.34. The number of ketones is 1. The van der Waals surface area contributed by atoms with E-state index in [9.17, 15) is 9.59 Å². The summed E-state index contributed by atoms with van der Waals surface area (Å²) in [6.07, 6.45) is 3.94. The van der Waals surface area contributed by atoms with E-state index in [4.69, 9.17) is 4.74 Å². The number of nitrogens with zero attached hydrogens (tertiary/aromatic N) is 3. The maximum Gasteiger partial charge on any atom is 0.227 e. The summed E-state index contributed by atoms with van der Waals surface area (Å²) in [7, 11) is 3.46. The molecule has 2 aromatic rings. The van der Waals surface area contributed by atoms with Gasteiger partial charge < -0.3 is 9.64 Å². The van der Waals surface area contributed by atoms with Gasteiger partial charge in [-0.05, 0) is 23.9 Å². The molecule has 0 aliphatic heterocycles. The molecule has 0 fully saturated rings. The third-order valence-corrected chi connectivity index (χ3v) is 4.49. The van der Waals surface area contributed by atoms with Crippen LogP contribution in [0.15, 0.2) is 23.8 Å². The third kappa shape index (κ3) is 5.01. The molecule has 2 heterocycles. The van der Waals surface area contributed by atoms with E-state index >= 15 is 0 Å². The molecule has 0 aromatic carbocycles. The number of ether oxygens (including phenoxy) is 1. The van der Waals surface area contributed by atoms with Crippen LogP contribution in [0.1, 0.15) is 27.7 Å². The minimum Gasteiger partial charge on any atom is -0.383 e. The second-order valence-electron chi connectivity index (χ2n) is 5.38. The van der Waals surface area contributed by atoms with Crippen molar-refractivity contribution in [1.82, 2.24) is 14.7 Å². The van der Waals surface area contributed by atoms with Gasteiger partial charge in [0.15, 0.2) is 5.78 Å². The fourth-order valence-corrected chi connectivity index (χ4v) is 3.02. The number of Topliss-reactive ketones (excluding diaryl/α,β-unsaturated/α-hetero) is 1. The summed E-state index contributed by atoms with van der Waals surface area (Å²) in [5.74, 6) is 0.0408. The lowest BCUT2D eigenvalue weighted by molar-refractivity contribution is -0.131. The molecular formula is C16H21N3O3S. The molecule has 0 spiro atoms. The second-order valence-corrected chi connectivity index (χ2v) is 6.29. The molecule has 2 aromatic heterocycles. The first kappa shape index (κ1) is 17.4. The van der Waals surface area contributed by atoms with Crippen LogP contribution >= 0.6 is 11.3 Å². The smallest absolute Gasteiger partial charge is 0.227 e. The minimum atomic E-state index is 0.0128. The Balaban J connectivity index is 2.04. The Hall–Kier alpha value is -1.99. The molecule has 0 N–H and O–H groups in total. The summed E-state index contributed by atoms with van der Waals surface area (Å²) >= 11 is 1.38. The van der Waals surface area contributed by atoms with Gasteiger partial charge in [-0.3, -0.25) is 14.3 Å². The zero-order valence-electron chi connectivity index (χ0n) is 13.6. The molecule has 23 heavy (non-hydrogen) atoms. The summed E-state index contributed by atoms with van der Waals surface area (Å²) in [4.78, 5) is 26.4. The van der Waals surface area contributed by atoms with Gasteiger partial charge in [0.05, 0.1) is 24.1 Å². The zero-order chi connectivity index (χ0) is 16.8. The largest absolute Gasteiger partial charge is 0.383 e. The first-order valence-corrected chi connectivity index (χ1v) is 8.20. The first-order valence-electron chi connectivity index (χ1n) is 7.32. The van der Waals surface area contributed by atoms with Gasteiger partial charge in [0.1, 0.15) is 0 Å². The molecule has 124 valence electrons. The minimum absolute atomic E-state index is 0.0128. The highest BCUT2D eigenvalue weighted by atomic mass is 32.1. The Kier molecular flexibility index (Phi) is 6.06. The Labute approximate surface area is 139 Å². The summed E-state index contributed by atoms with van der Waals surface area (Å²) < 4.78 is 6.81. The van der Waals surface area contributed by atoms with Gasteiger partial charge in [-0.1, -0.05) is 0 Å². The van der Waals surface area contributed by atoms with E-state index in [1.165, 1.54) is 18.3 Å². The summed E-state index contributed by atoms with van der Waals surface area (Å²) in [6.45, 7) is 3.03. The van der Waals surface area contributed by atoms with Crippen LogP contribution in [-0.2, 0) is 29.5 Å². The van der Waals surface area contributed by atoms with Crippen molar-refractivity contribution in [2.75, 3.05) is 20.3 Å². The van der Waals surface area contributed by atoms with Crippen LogP contribution in [0.4, 0.5) is 0 Å². The normalized spacial score (nSPS) is 10.7. The van der Waals surface area contributed by atoms with E-state index in [1.807, 2.05) is 18.6 Å². The Morgan fingerprint density at radius 3 is 2.74 bits per heavy atom. The van der Waals surface area contributed by atoms with Crippen molar-refractivity contribution in [3.8, 4) is 0 Å².